The topological polar surface area (TPSA) is 112 Å². The summed E-state index contributed by atoms with van der Waals surface area (Å²) >= 11 is 7.28. The molecule has 1 aromatic carbocycles. The number of halogens is 1. The van der Waals surface area contributed by atoms with Gasteiger partial charge in [0.1, 0.15) is 12.4 Å². The fourth-order valence-corrected chi connectivity index (χ4v) is 3.23. The summed E-state index contributed by atoms with van der Waals surface area (Å²) < 4.78 is 7.70. The lowest BCUT2D eigenvalue weighted by Crippen LogP contribution is -2.36. The van der Waals surface area contributed by atoms with Crippen molar-refractivity contribution in [1.82, 2.24) is 20.1 Å². The summed E-state index contributed by atoms with van der Waals surface area (Å²) in [5.74, 6) is 0.792. The number of urea groups is 1. The van der Waals surface area contributed by atoms with Crippen LogP contribution in [0.5, 0.6) is 5.75 Å². The van der Waals surface area contributed by atoms with Gasteiger partial charge in [-0.2, -0.15) is 0 Å². The Bertz CT molecular complexity index is 793. The van der Waals surface area contributed by atoms with Crippen LogP contribution in [0, 0.1) is 0 Å². The molecular formula is C15H16ClN5O3S. The molecule has 0 bridgehead atoms. The zero-order valence-corrected chi connectivity index (χ0v) is 14.7. The molecule has 132 valence electrons. The van der Waals surface area contributed by atoms with E-state index in [4.69, 9.17) is 22.1 Å². The van der Waals surface area contributed by atoms with Gasteiger partial charge in [0, 0.05) is 6.04 Å². The molecule has 10 heteroatoms. The molecule has 8 nitrogen and oxygen atoms in total. The van der Waals surface area contributed by atoms with Crippen LogP contribution in [-0.2, 0) is 11.4 Å². The lowest BCUT2D eigenvalue weighted by molar-refractivity contribution is -0.117. The lowest BCUT2D eigenvalue weighted by atomic mass is 10.3. The Hall–Kier alpha value is -2.26. The van der Waals surface area contributed by atoms with Gasteiger partial charge in [0.05, 0.1) is 10.8 Å². The van der Waals surface area contributed by atoms with Crippen LogP contribution in [0.1, 0.15) is 24.7 Å². The Morgan fingerprint density at radius 3 is 2.80 bits per heavy atom. The van der Waals surface area contributed by atoms with Crippen LogP contribution < -0.4 is 15.8 Å². The maximum absolute atomic E-state index is 11.5. The van der Waals surface area contributed by atoms with Crippen LogP contribution in [0.3, 0.4) is 0 Å². The molecule has 3 rings (SSSR count). The molecule has 3 N–H and O–H groups in total. The molecule has 1 saturated carbocycles. The number of benzene rings is 1. The largest absolute Gasteiger partial charge is 0.484 e. The first kappa shape index (κ1) is 17.6. The van der Waals surface area contributed by atoms with Gasteiger partial charge in [-0.05, 0) is 25.0 Å². The molecule has 1 aliphatic carbocycles. The van der Waals surface area contributed by atoms with Crippen molar-refractivity contribution in [2.45, 2.75) is 30.6 Å². The Morgan fingerprint density at radius 2 is 2.12 bits per heavy atom. The van der Waals surface area contributed by atoms with E-state index in [0.717, 1.165) is 12.8 Å². The summed E-state index contributed by atoms with van der Waals surface area (Å²) in [5.41, 5.74) is 4.92. The number of nitrogens with zero attached hydrogens (tertiary/aromatic N) is 3. The zero-order valence-electron chi connectivity index (χ0n) is 13.1. The number of hydrogen-bond acceptors (Lipinski definition) is 6. The van der Waals surface area contributed by atoms with Crippen molar-refractivity contribution in [2.24, 2.45) is 5.73 Å². The molecule has 1 fully saturated rings. The highest BCUT2D eigenvalue weighted by molar-refractivity contribution is 7.99. The molecule has 0 saturated heterocycles. The van der Waals surface area contributed by atoms with E-state index in [1.165, 1.54) is 11.8 Å². The van der Waals surface area contributed by atoms with Crippen molar-refractivity contribution in [3.63, 3.8) is 0 Å². The normalized spacial score (nSPS) is 13.5. The van der Waals surface area contributed by atoms with E-state index in [1.807, 2.05) is 22.0 Å². The number of para-hydroxylation sites is 1. The molecule has 1 aliphatic rings. The molecule has 0 radical (unpaired) electrons. The van der Waals surface area contributed by atoms with Gasteiger partial charge in [-0.1, -0.05) is 35.5 Å². The minimum atomic E-state index is -0.872. The van der Waals surface area contributed by atoms with Crippen LogP contribution in [0.25, 0.3) is 0 Å². The second kappa shape index (κ2) is 7.75. The Morgan fingerprint density at radius 1 is 1.36 bits per heavy atom. The predicted molar refractivity (Wildman–Crippen MR) is 92.5 cm³/mol. The summed E-state index contributed by atoms with van der Waals surface area (Å²) in [6, 6.07) is 6.63. The maximum Gasteiger partial charge on any atom is 0.318 e. The molecule has 0 aliphatic heterocycles. The van der Waals surface area contributed by atoms with Crippen molar-refractivity contribution in [1.29, 1.82) is 0 Å². The average molecular weight is 382 g/mol. The fraction of sp³-hybridized carbons (Fsp3) is 0.333. The summed E-state index contributed by atoms with van der Waals surface area (Å²) in [5, 5.41) is 11.4. The van der Waals surface area contributed by atoms with Gasteiger partial charge in [0.15, 0.2) is 11.0 Å². The molecule has 3 amide bonds. The number of nitrogens with two attached hydrogens (primary N) is 1. The van der Waals surface area contributed by atoms with E-state index in [-0.39, 0.29) is 12.4 Å². The van der Waals surface area contributed by atoms with Crippen LogP contribution in [0.15, 0.2) is 29.4 Å². The van der Waals surface area contributed by atoms with E-state index in [9.17, 15) is 9.59 Å². The van der Waals surface area contributed by atoms with E-state index in [2.05, 4.69) is 10.2 Å². The summed E-state index contributed by atoms with van der Waals surface area (Å²) in [4.78, 5) is 22.2. The van der Waals surface area contributed by atoms with Gasteiger partial charge >= 0.3 is 6.03 Å². The first-order valence-electron chi connectivity index (χ1n) is 7.58. The highest BCUT2D eigenvalue weighted by Crippen LogP contribution is 2.39. The third-order valence-electron chi connectivity index (χ3n) is 3.44. The van der Waals surface area contributed by atoms with Gasteiger partial charge < -0.3 is 10.5 Å². The van der Waals surface area contributed by atoms with E-state index >= 15 is 0 Å². The molecule has 1 heterocycles. The van der Waals surface area contributed by atoms with Crippen molar-refractivity contribution in [2.75, 3.05) is 5.75 Å². The number of aromatic nitrogens is 3. The second-order valence-corrected chi connectivity index (χ2v) is 6.77. The summed E-state index contributed by atoms with van der Waals surface area (Å²) in [6.07, 6.45) is 2.05. The van der Waals surface area contributed by atoms with Gasteiger partial charge in [-0.3, -0.25) is 14.7 Å². The molecule has 0 unspecified atom stereocenters. The SMILES string of the molecule is NC(=O)NC(=O)CSc1nnc(COc2ccccc2Cl)n1C1CC1. The monoisotopic (exact) mass is 381 g/mol. The number of ether oxygens (including phenoxy) is 1. The maximum atomic E-state index is 11.5. The lowest BCUT2D eigenvalue weighted by Gasteiger charge is -2.10. The number of carbonyl (C=O) groups is 2. The van der Waals surface area contributed by atoms with Crippen molar-refractivity contribution in [3.05, 3.63) is 35.1 Å². The Labute approximate surface area is 153 Å². The van der Waals surface area contributed by atoms with Crippen LogP contribution in [-0.4, -0.2) is 32.5 Å². The number of amides is 3. The fourth-order valence-electron chi connectivity index (χ4n) is 2.21. The third kappa shape index (κ3) is 4.64. The predicted octanol–water partition coefficient (Wildman–Crippen LogP) is 2.13. The average Bonchev–Trinajstić information content (AvgIpc) is 3.32. The molecule has 2 aromatic rings. The third-order valence-corrected chi connectivity index (χ3v) is 4.69. The van der Waals surface area contributed by atoms with E-state index < -0.39 is 11.9 Å². The van der Waals surface area contributed by atoms with Gasteiger partial charge in [0.2, 0.25) is 5.91 Å². The van der Waals surface area contributed by atoms with E-state index in [1.54, 1.807) is 12.1 Å². The molecule has 1 aromatic heterocycles. The first-order valence-corrected chi connectivity index (χ1v) is 8.94. The van der Waals surface area contributed by atoms with Crippen molar-refractivity contribution >= 4 is 35.3 Å². The quantitative estimate of drug-likeness (QED) is 0.710. The Kier molecular flexibility index (Phi) is 5.44. The number of rotatable bonds is 7. The molecule has 25 heavy (non-hydrogen) atoms. The smallest absolute Gasteiger partial charge is 0.318 e. The van der Waals surface area contributed by atoms with Crippen LogP contribution in [0.4, 0.5) is 4.79 Å². The van der Waals surface area contributed by atoms with E-state index in [0.29, 0.717) is 27.8 Å². The Balaban J connectivity index is 1.67. The van der Waals surface area contributed by atoms with Crippen molar-refractivity contribution in [3.8, 4) is 5.75 Å². The molecule has 0 spiro atoms. The molecular weight excluding hydrogens is 366 g/mol. The zero-order chi connectivity index (χ0) is 17.8. The minimum Gasteiger partial charge on any atom is -0.484 e. The number of nitrogens with one attached hydrogen (secondary N) is 1. The minimum absolute atomic E-state index is 0.0269. The van der Waals surface area contributed by atoms with Crippen LogP contribution >= 0.6 is 23.4 Å². The number of carbonyl (C=O) groups excluding carboxylic acids is 2. The standard InChI is InChI=1S/C15H16ClN5O3S/c16-10-3-1-2-4-11(10)24-7-12-19-20-15(21(12)9-5-6-9)25-8-13(22)18-14(17)23/h1-4,9H,5-8H2,(H3,17,18,22,23). The van der Waals surface area contributed by atoms with Crippen molar-refractivity contribution < 1.29 is 14.3 Å². The highest BCUT2D eigenvalue weighted by Gasteiger charge is 2.30. The number of imide groups is 1. The first-order chi connectivity index (χ1) is 12.0. The highest BCUT2D eigenvalue weighted by atomic mass is 35.5. The van der Waals surface area contributed by atoms with Gasteiger partial charge in [-0.15, -0.1) is 10.2 Å². The molecule has 0 atom stereocenters. The number of primary amides is 1. The summed E-state index contributed by atoms with van der Waals surface area (Å²) in [7, 11) is 0. The van der Waals surface area contributed by atoms with Crippen LogP contribution in [0.2, 0.25) is 5.02 Å². The second-order valence-electron chi connectivity index (χ2n) is 5.42. The van der Waals surface area contributed by atoms with Gasteiger partial charge in [-0.25, -0.2) is 4.79 Å². The van der Waals surface area contributed by atoms with Gasteiger partial charge in [0.25, 0.3) is 0 Å². The summed E-state index contributed by atoms with van der Waals surface area (Å²) in [6.45, 7) is 0.223. The number of thioether (sulfide) groups is 1. The number of hydrogen-bond donors (Lipinski definition) is 2.